The maximum absolute atomic E-state index is 10.9. The van der Waals surface area contributed by atoms with Crippen LogP contribution in [0.2, 0.25) is 0 Å². The van der Waals surface area contributed by atoms with Crippen molar-refractivity contribution in [2.45, 2.75) is 6.92 Å². The number of aromatic hydroxyl groups is 1. The summed E-state index contributed by atoms with van der Waals surface area (Å²) in [7, 11) is 0. The minimum absolute atomic E-state index is 0.131. The summed E-state index contributed by atoms with van der Waals surface area (Å²) in [5.74, 6) is 0.970. The van der Waals surface area contributed by atoms with E-state index in [0.717, 1.165) is 5.75 Å². The first kappa shape index (κ1) is 20.5. The number of phenolic OH excluding ortho intramolecular Hbond substituents is 1. The van der Waals surface area contributed by atoms with Gasteiger partial charge in [-0.1, -0.05) is 6.07 Å². The van der Waals surface area contributed by atoms with E-state index in [1.165, 1.54) is 24.4 Å². The third-order valence-corrected chi connectivity index (χ3v) is 3.89. The second-order valence-electron chi connectivity index (χ2n) is 5.97. The normalized spacial score (nSPS) is 11.4. The SMILES string of the molecule is CCOc1ccc(N=C(N/N=C\c2cc([N+](=O)[O-])ccc2O)c2ccccn2)cc1. The number of aromatic nitrogens is 1. The summed E-state index contributed by atoms with van der Waals surface area (Å²) in [6.45, 7) is 2.48. The van der Waals surface area contributed by atoms with E-state index in [-0.39, 0.29) is 17.0 Å². The van der Waals surface area contributed by atoms with Crippen LogP contribution in [0.15, 0.2) is 77.0 Å². The van der Waals surface area contributed by atoms with Crippen LogP contribution < -0.4 is 10.2 Å². The minimum Gasteiger partial charge on any atom is -0.507 e. The van der Waals surface area contributed by atoms with Crippen molar-refractivity contribution in [1.29, 1.82) is 0 Å². The van der Waals surface area contributed by atoms with Crippen molar-refractivity contribution >= 4 is 23.4 Å². The molecule has 30 heavy (non-hydrogen) atoms. The molecule has 152 valence electrons. The molecular weight excluding hydrogens is 386 g/mol. The van der Waals surface area contributed by atoms with Gasteiger partial charge in [-0.25, -0.2) is 4.99 Å². The van der Waals surface area contributed by atoms with Crippen LogP contribution in [0.1, 0.15) is 18.2 Å². The van der Waals surface area contributed by atoms with Gasteiger partial charge in [0.2, 0.25) is 0 Å². The molecule has 1 aromatic heterocycles. The molecule has 0 radical (unpaired) electrons. The fourth-order valence-electron chi connectivity index (χ4n) is 2.48. The van der Waals surface area contributed by atoms with E-state index in [4.69, 9.17) is 4.74 Å². The van der Waals surface area contributed by atoms with E-state index >= 15 is 0 Å². The molecule has 0 amide bonds. The average molecular weight is 405 g/mol. The summed E-state index contributed by atoms with van der Waals surface area (Å²) in [5.41, 5.74) is 4.04. The lowest BCUT2D eigenvalue weighted by Gasteiger charge is -2.07. The fraction of sp³-hybridized carbons (Fsp3) is 0.0952. The number of hydrazone groups is 1. The van der Waals surface area contributed by atoms with Gasteiger partial charge in [0.05, 0.1) is 23.4 Å². The molecule has 0 bridgehead atoms. The van der Waals surface area contributed by atoms with Crippen molar-refractivity contribution < 1.29 is 14.8 Å². The van der Waals surface area contributed by atoms with E-state index in [9.17, 15) is 15.2 Å². The third-order valence-electron chi connectivity index (χ3n) is 3.89. The molecule has 3 aromatic rings. The lowest BCUT2D eigenvalue weighted by molar-refractivity contribution is -0.384. The Balaban J connectivity index is 1.86. The number of non-ortho nitro benzene ring substituents is 1. The molecule has 1 heterocycles. The molecule has 9 nitrogen and oxygen atoms in total. The number of phenols is 1. The Labute approximate surface area is 172 Å². The largest absolute Gasteiger partial charge is 0.507 e. The number of nitro groups is 1. The molecule has 0 fully saturated rings. The Morgan fingerprint density at radius 1 is 1.23 bits per heavy atom. The molecule has 0 unspecified atom stereocenters. The van der Waals surface area contributed by atoms with Crippen molar-refractivity contribution in [1.82, 2.24) is 10.4 Å². The highest BCUT2D eigenvalue weighted by atomic mass is 16.6. The van der Waals surface area contributed by atoms with Gasteiger partial charge in [0.25, 0.3) is 5.69 Å². The number of nitrogens with zero attached hydrogens (tertiary/aromatic N) is 4. The Bertz CT molecular complexity index is 1070. The van der Waals surface area contributed by atoms with Gasteiger partial charge in [-0.3, -0.25) is 20.5 Å². The Morgan fingerprint density at radius 3 is 2.70 bits per heavy atom. The summed E-state index contributed by atoms with van der Waals surface area (Å²) in [6, 6.07) is 16.3. The first-order chi connectivity index (χ1) is 14.6. The van der Waals surface area contributed by atoms with E-state index in [2.05, 4.69) is 20.5 Å². The van der Waals surface area contributed by atoms with E-state index in [1.54, 1.807) is 30.5 Å². The van der Waals surface area contributed by atoms with Crippen molar-refractivity contribution in [3.63, 3.8) is 0 Å². The maximum Gasteiger partial charge on any atom is 0.270 e. The van der Waals surface area contributed by atoms with Gasteiger partial charge in [0.15, 0.2) is 5.84 Å². The number of hydrogen-bond donors (Lipinski definition) is 2. The fourth-order valence-corrected chi connectivity index (χ4v) is 2.48. The molecule has 0 saturated heterocycles. The number of rotatable bonds is 7. The van der Waals surface area contributed by atoms with Crippen LogP contribution in [-0.4, -0.2) is 33.7 Å². The molecule has 3 rings (SSSR count). The van der Waals surface area contributed by atoms with Crippen LogP contribution in [0.5, 0.6) is 11.5 Å². The number of hydrogen-bond acceptors (Lipinski definition) is 7. The number of ether oxygens (including phenoxy) is 1. The zero-order chi connectivity index (χ0) is 21.3. The molecule has 0 aliphatic heterocycles. The molecule has 2 aromatic carbocycles. The minimum atomic E-state index is -0.545. The Hall–Kier alpha value is -4.27. The van der Waals surface area contributed by atoms with Gasteiger partial charge >= 0.3 is 0 Å². The molecule has 0 aliphatic rings. The Kier molecular flexibility index (Phi) is 6.67. The third kappa shape index (κ3) is 5.38. The summed E-state index contributed by atoms with van der Waals surface area (Å²) in [6.07, 6.45) is 2.90. The van der Waals surface area contributed by atoms with Crippen molar-refractivity contribution in [3.05, 3.63) is 88.2 Å². The summed E-state index contributed by atoms with van der Waals surface area (Å²) in [5, 5.41) is 24.9. The Morgan fingerprint density at radius 2 is 2.03 bits per heavy atom. The van der Waals surface area contributed by atoms with E-state index in [0.29, 0.717) is 23.8 Å². The topological polar surface area (TPSA) is 122 Å². The van der Waals surface area contributed by atoms with Crippen molar-refractivity contribution in [2.24, 2.45) is 10.1 Å². The van der Waals surface area contributed by atoms with Crippen LogP contribution in [0.4, 0.5) is 11.4 Å². The molecular formula is C21H19N5O4. The lowest BCUT2D eigenvalue weighted by Crippen LogP contribution is -2.20. The number of nitrogens with one attached hydrogen (secondary N) is 1. The second-order valence-corrected chi connectivity index (χ2v) is 5.97. The highest BCUT2D eigenvalue weighted by Crippen LogP contribution is 2.21. The van der Waals surface area contributed by atoms with Crippen LogP contribution in [-0.2, 0) is 0 Å². The molecule has 0 aliphatic carbocycles. The first-order valence-corrected chi connectivity index (χ1v) is 9.06. The van der Waals surface area contributed by atoms with Gasteiger partial charge in [-0.2, -0.15) is 5.10 Å². The van der Waals surface area contributed by atoms with Gasteiger partial charge in [0, 0.05) is 23.9 Å². The monoisotopic (exact) mass is 405 g/mol. The quantitative estimate of drug-likeness (QED) is 0.267. The van der Waals surface area contributed by atoms with E-state index in [1.807, 2.05) is 25.1 Å². The number of aliphatic imine (C=N–C) groups is 1. The second kappa shape index (κ2) is 9.78. The highest BCUT2D eigenvalue weighted by molar-refractivity contribution is 5.99. The summed E-state index contributed by atoms with van der Waals surface area (Å²) >= 11 is 0. The number of benzene rings is 2. The molecule has 0 spiro atoms. The molecule has 0 atom stereocenters. The van der Waals surface area contributed by atoms with Crippen molar-refractivity contribution in [3.8, 4) is 11.5 Å². The summed E-state index contributed by atoms with van der Waals surface area (Å²) in [4.78, 5) is 19.2. The van der Waals surface area contributed by atoms with Gasteiger partial charge < -0.3 is 9.84 Å². The smallest absolute Gasteiger partial charge is 0.270 e. The van der Waals surface area contributed by atoms with Gasteiger partial charge in [-0.15, -0.1) is 0 Å². The van der Waals surface area contributed by atoms with Crippen LogP contribution in [0.3, 0.4) is 0 Å². The zero-order valence-electron chi connectivity index (χ0n) is 16.1. The molecule has 0 saturated carbocycles. The van der Waals surface area contributed by atoms with Crippen LogP contribution >= 0.6 is 0 Å². The van der Waals surface area contributed by atoms with Gasteiger partial charge in [0.1, 0.15) is 17.2 Å². The predicted octanol–water partition coefficient (Wildman–Crippen LogP) is 3.80. The lowest BCUT2D eigenvalue weighted by atomic mass is 10.2. The zero-order valence-corrected chi connectivity index (χ0v) is 16.1. The predicted molar refractivity (Wildman–Crippen MR) is 114 cm³/mol. The number of nitro benzene ring substituents is 1. The van der Waals surface area contributed by atoms with E-state index < -0.39 is 4.92 Å². The molecule has 2 N–H and O–H groups in total. The standard InChI is InChI=1S/C21H19N5O4/c1-2-30-18-9-6-16(7-10-18)24-21(19-5-3-4-12-22-19)25-23-14-15-13-17(26(28)29)8-11-20(15)27/h3-14,27H,2H2,1H3,(H,24,25)/b23-14-. The first-order valence-electron chi connectivity index (χ1n) is 9.06. The highest BCUT2D eigenvalue weighted by Gasteiger charge is 2.09. The van der Waals surface area contributed by atoms with Gasteiger partial charge in [-0.05, 0) is 49.4 Å². The van der Waals surface area contributed by atoms with Crippen LogP contribution in [0, 0.1) is 10.1 Å². The number of pyridine rings is 1. The maximum atomic E-state index is 10.9. The number of amidine groups is 1. The van der Waals surface area contributed by atoms with Crippen molar-refractivity contribution in [2.75, 3.05) is 6.61 Å². The van der Waals surface area contributed by atoms with Crippen LogP contribution in [0.25, 0.3) is 0 Å². The molecule has 9 heteroatoms. The average Bonchev–Trinajstić information content (AvgIpc) is 2.76. The summed E-state index contributed by atoms with van der Waals surface area (Å²) < 4.78 is 5.43.